The zero-order valence-electron chi connectivity index (χ0n) is 17.1. The quantitative estimate of drug-likeness (QED) is 0.642. The summed E-state index contributed by atoms with van der Waals surface area (Å²) in [5.74, 6) is 0.289. The van der Waals surface area contributed by atoms with E-state index in [2.05, 4.69) is 11.4 Å². The van der Waals surface area contributed by atoms with E-state index in [-0.39, 0.29) is 24.1 Å². The summed E-state index contributed by atoms with van der Waals surface area (Å²) in [4.78, 5) is 0. The first-order valence-corrected chi connectivity index (χ1v) is 12.5. The van der Waals surface area contributed by atoms with Crippen molar-refractivity contribution in [1.29, 1.82) is 0 Å². The number of rotatable bonds is 8. The van der Waals surface area contributed by atoms with Crippen molar-refractivity contribution in [3.8, 4) is 0 Å². The van der Waals surface area contributed by atoms with Gasteiger partial charge in [0.15, 0.2) is 0 Å². The molecule has 0 amide bonds. The molecule has 3 unspecified atom stereocenters. The highest BCUT2D eigenvalue weighted by atomic mass is 35.5. The number of benzene rings is 2. The molecule has 3 atom stereocenters. The lowest BCUT2D eigenvalue weighted by atomic mass is 9.86. The van der Waals surface area contributed by atoms with Crippen molar-refractivity contribution in [3.63, 3.8) is 0 Å². The number of hydrogen-bond acceptors (Lipinski definition) is 3. The molecule has 0 spiro atoms. The first-order chi connectivity index (χ1) is 14.3. The Balaban J connectivity index is 1.67. The molecule has 0 saturated heterocycles. The lowest BCUT2D eigenvalue weighted by Crippen LogP contribution is -2.32. The number of sulfonamides is 1. The monoisotopic (exact) mass is 450 g/mol. The second-order valence-electron chi connectivity index (χ2n) is 8.77. The number of nitrogens with two attached hydrogens (primary N) is 1. The number of nitrogens with one attached hydrogen (secondary N) is 1. The second kappa shape index (κ2) is 8.58. The molecular formula is C23H28ClFN2O2S. The van der Waals surface area contributed by atoms with E-state index >= 15 is 0 Å². The minimum absolute atomic E-state index is 0.0481. The van der Waals surface area contributed by atoms with Gasteiger partial charge in [0.25, 0.3) is 0 Å². The maximum atomic E-state index is 14.9. The van der Waals surface area contributed by atoms with Crippen LogP contribution in [0.25, 0.3) is 0 Å². The fourth-order valence-electron chi connectivity index (χ4n) is 4.94. The standard InChI is InChI=1S/C23H28ClFN2O2S/c1-27-13-18-9-16-11-22(25)17(12-23(15-5-6-15)30(26,28)29)10-21(16)20(18)8-14-3-2-4-19(24)7-14/h2-4,7,10-11,15,18,20,23,27H,5-6,8-9,12-13H2,1H3,(H2,26,28,29). The SMILES string of the molecule is CNCC1Cc2cc(F)c(CC(C3CC3)S(N)(=O)=O)cc2C1Cc1cccc(Cl)c1. The minimum atomic E-state index is -3.71. The fourth-order valence-corrected chi connectivity index (χ4v) is 6.38. The molecule has 4 nitrogen and oxygen atoms in total. The van der Waals surface area contributed by atoms with Crippen LogP contribution in [0.15, 0.2) is 36.4 Å². The van der Waals surface area contributed by atoms with Crippen LogP contribution in [-0.2, 0) is 29.3 Å². The Bertz CT molecular complexity index is 1040. The van der Waals surface area contributed by atoms with E-state index in [1.807, 2.05) is 31.3 Å². The molecule has 0 bridgehead atoms. The number of primary sulfonamides is 1. The molecule has 30 heavy (non-hydrogen) atoms. The molecule has 2 aliphatic carbocycles. The van der Waals surface area contributed by atoms with Gasteiger partial charge in [-0.2, -0.15) is 0 Å². The Kier molecular flexibility index (Phi) is 6.22. The molecule has 0 heterocycles. The molecule has 1 fully saturated rings. The van der Waals surface area contributed by atoms with Gasteiger partial charge in [0.1, 0.15) is 5.82 Å². The zero-order chi connectivity index (χ0) is 21.5. The number of fused-ring (bicyclic) bond motifs is 1. The largest absolute Gasteiger partial charge is 0.319 e. The van der Waals surface area contributed by atoms with Crippen LogP contribution in [0.1, 0.15) is 41.0 Å². The van der Waals surface area contributed by atoms with Gasteiger partial charge >= 0.3 is 0 Å². The predicted octanol–water partition coefficient (Wildman–Crippen LogP) is 3.81. The van der Waals surface area contributed by atoms with Gasteiger partial charge < -0.3 is 5.32 Å². The van der Waals surface area contributed by atoms with E-state index in [4.69, 9.17) is 16.7 Å². The topological polar surface area (TPSA) is 72.2 Å². The van der Waals surface area contributed by atoms with Gasteiger partial charge in [-0.15, -0.1) is 0 Å². The first kappa shape index (κ1) is 21.8. The summed E-state index contributed by atoms with van der Waals surface area (Å²) in [7, 11) is -1.78. The van der Waals surface area contributed by atoms with E-state index < -0.39 is 15.3 Å². The normalized spacial score (nSPS) is 22.1. The molecular weight excluding hydrogens is 423 g/mol. The van der Waals surface area contributed by atoms with Gasteiger partial charge in [-0.25, -0.2) is 17.9 Å². The molecule has 4 rings (SSSR count). The highest BCUT2D eigenvalue weighted by Gasteiger charge is 2.39. The lowest BCUT2D eigenvalue weighted by molar-refractivity contribution is 0.436. The summed E-state index contributed by atoms with van der Waals surface area (Å²) in [6.45, 7) is 0.832. The van der Waals surface area contributed by atoms with Gasteiger partial charge in [-0.3, -0.25) is 0 Å². The average molecular weight is 451 g/mol. The molecule has 2 aromatic carbocycles. The zero-order valence-corrected chi connectivity index (χ0v) is 18.6. The summed E-state index contributed by atoms with van der Waals surface area (Å²) in [6.07, 6.45) is 3.44. The minimum Gasteiger partial charge on any atom is -0.319 e. The Morgan fingerprint density at radius 2 is 2.03 bits per heavy atom. The van der Waals surface area contributed by atoms with Crippen molar-refractivity contribution in [2.45, 2.75) is 43.3 Å². The molecule has 0 aliphatic heterocycles. The number of hydrogen-bond donors (Lipinski definition) is 2. The van der Waals surface area contributed by atoms with E-state index in [9.17, 15) is 12.8 Å². The molecule has 0 aromatic heterocycles. The smallest absolute Gasteiger partial charge is 0.212 e. The van der Waals surface area contributed by atoms with Crippen molar-refractivity contribution in [2.24, 2.45) is 17.0 Å². The third kappa shape index (κ3) is 4.72. The molecule has 162 valence electrons. The summed E-state index contributed by atoms with van der Waals surface area (Å²) in [5, 5.41) is 8.73. The van der Waals surface area contributed by atoms with E-state index in [0.29, 0.717) is 16.5 Å². The fraction of sp³-hybridized carbons (Fsp3) is 0.478. The molecule has 3 N–H and O–H groups in total. The van der Waals surface area contributed by atoms with Gasteiger partial charge in [0.2, 0.25) is 10.0 Å². The first-order valence-electron chi connectivity index (χ1n) is 10.5. The predicted molar refractivity (Wildman–Crippen MR) is 119 cm³/mol. The maximum absolute atomic E-state index is 14.9. The van der Waals surface area contributed by atoms with Crippen molar-refractivity contribution >= 4 is 21.6 Å². The Morgan fingerprint density at radius 3 is 2.67 bits per heavy atom. The van der Waals surface area contributed by atoms with Crippen LogP contribution in [0.4, 0.5) is 4.39 Å². The lowest BCUT2D eigenvalue weighted by Gasteiger charge is -2.21. The van der Waals surface area contributed by atoms with Crippen LogP contribution in [0.3, 0.4) is 0 Å². The van der Waals surface area contributed by atoms with Gasteiger partial charge in [-0.1, -0.05) is 29.8 Å². The van der Waals surface area contributed by atoms with Crippen LogP contribution in [0.5, 0.6) is 0 Å². The number of halogens is 2. The molecule has 0 radical (unpaired) electrons. The van der Waals surface area contributed by atoms with Crippen molar-refractivity contribution in [2.75, 3.05) is 13.6 Å². The third-order valence-electron chi connectivity index (χ3n) is 6.56. The summed E-state index contributed by atoms with van der Waals surface area (Å²) < 4.78 is 39.1. The van der Waals surface area contributed by atoms with Gasteiger partial charge in [0, 0.05) is 5.02 Å². The van der Waals surface area contributed by atoms with Gasteiger partial charge in [-0.05, 0) is 104 Å². The molecule has 2 aliphatic rings. The van der Waals surface area contributed by atoms with Crippen LogP contribution >= 0.6 is 11.6 Å². The highest BCUT2D eigenvalue weighted by molar-refractivity contribution is 7.89. The van der Waals surface area contributed by atoms with Crippen LogP contribution in [0, 0.1) is 17.7 Å². The van der Waals surface area contributed by atoms with Crippen molar-refractivity contribution in [3.05, 3.63) is 69.5 Å². The van der Waals surface area contributed by atoms with Crippen molar-refractivity contribution < 1.29 is 12.8 Å². The Hall–Kier alpha value is -1.47. The Labute approximate surface area is 183 Å². The van der Waals surface area contributed by atoms with Crippen LogP contribution < -0.4 is 10.5 Å². The second-order valence-corrected chi connectivity index (χ2v) is 11.0. The van der Waals surface area contributed by atoms with Crippen LogP contribution in [-0.4, -0.2) is 27.3 Å². The van der Waals surface area contributed by atoms with Crippen molar-refractivity contribution in [1.82, 2.24) is 5.32 Å². The van der Waals surface area contributed by atoms with Gasteiger partial charge in [0.05, 0.1) is 5.25 Å². The van der Waals surface area contributed by atoms with E-state index in [1.165, 1.54) is 0 Å². The summed E-state index contributed by atoms with van der Waals surface area (Å²) in [5.41, 5.74) is 3.74. The molecule has 1 saturated carbocycles. The molecule has 7 heteroatoms. The van der Waals surface area contributed by atoms with E-state index in [0.717, 1.165) is 48.9 Å². The molecule has 2 aromatic rings. The van der Waals surface area contributed by atoms with E-state index in [1.54, 1.807) is 6.07 Å². The average Bonchev–Trinajstić information content (AvgIpc) is 3.44. The van der Waals surface area contributed by atoms with Crippen LogP contribution in [0.2, 0.25) is 5.02 Å². The Morgan fingerprint density at radius 1 is 1.27 bits per heavy atom. The highest BCUT2D eigenvalue weighted by Crippen LogP contribution is 2.43. The summed E-state index contributed by atoms with van der Waals surface area (Å²) >= 11 is 6.18. The third-order valence-corrected chi connectivity index (χ3v) is 8.19. The maximum Gasteiger partial charge on any atom is 0.212 e. The summed E-state index contributed by atoms with van der Waals surface area (Å²) in [6, 6.07) is 11.4.